The summed E-state index contributed by atoms with van der Waals surface area (Å²) in [6.45, 7) is 1.49. The first-order valence-corrected chi connectivity index (χ1v) is 9.37. The summed E-state index contributed by atoms with van der Waals surface area (Å²) in [5, 5.41) is 6.06. The lowest BCUT2D eigenvalue weighted by atomic mass is 9.97. The highest BCUT2D eigenvalue weighted by molar-refractivity contribution is 6.03. The largest absolute Gasteiger partial charge is 0.493 e. The van der Waals surface area contributed by atoms with E-state index in [1.807, 2.05) is 24.3 Å². The van der Waals surface area contributed by atoms with Gasteiger partial charge in [-0.3, -0.25) is 4.79 Å². The van der Waals surface area contributed by atoms with Gasteiger partial charge in [0.25, 0.3) is 0 Å². The van der Waals surface area contributed by atoms with Crippen molar-refractivity contribution in [3.8, 4) is 28.7 Å². The summed E-state index contributed by atoms with van der Waals surface area (Å²) in [6, 6.07) is 8.88. The minimum absolute atomic E-state index is 0.174. The van der Waals surface area contributed by atoms with Gasteiger partial charge < -0.3 is 23.7 Å². The standard InChI is InChI=1S/C22H26N2O6/c1-13(25)24-17(15-8-10-19(27-3)22(30-6)21(15)29-5)12-16(23-24)14-7-9-18(26-2)20(11-14)28-4/h7-11,17H,12H2,1-6H3/t17-/m0/s1. The maximum Gasteiger partial charge on any atom is 0.240 e. The van der Waals surface area contributed by atoms with E-state index >= 15 is 0 Å². The fourth-order valence-electron chi connectivity index (χ4n) is 3.62. The lowest BCUT2D eigenvalue weighted by Crippen LogP contribution is -2.24. The summed E-state index contributed by atoms with van der Waals surface area (Å²) < 4.78 is 27.2. The highest BCUT2D eigenvalue weighted by Crippen LogP contribution is 2.46. The first-order valence-electron chi connectivity index (χ1n) is 9.37. The highest BCUT2D eigenvalue weighted by Gasteiger charge is 2.35. The third-order valence-corrected chi connectivity index (χ3v) is 5.04. The van der Waals surface area contributed by atoms with Crippen LogP contribution < -0.4 is 23.7 Å². The Morgan fingerprint density at radius 1 is 0.867 bits per heavy atom. The van der Waals surface area contributed by atoms with E-state index in [-0.39, 0.29) is 11.9 Å². The van der Waals surface area contributed by atoms with Gasteiger partial charge in [-0.15, -0.1) is 0 Å². The number of carbonyl (C=O) groups is 1. The van der Waals surface area contributed by atoms with Crippen LogP contribution in [0.3, 0.4) is 0 Å². The Bertz CT molecular complexity index is 972. The molecule has 1 heterocycles. The van der Waals surface area contributed by atoms with Crippen LogP contribution in [0.5, 0.6) is 28.7 Å². The van der Waals surface area contributed by atoms with Crippen LogP contribution in [0, 0.1) is 0 Å². The third-order valence-electron chi connectivity index (χ3n) is 5.04. The molecule has 0 aromatic heterocycles. The van der Waals surface area contributed by atoms with Gasteiger partial charge in [-0.25, -0.2) is 5.01 Å². The van der Waals surface area contributed by atoms with E-state index in [0.29, 0.717) is 35.2 Å². The van der Waals surface area contributed by atoms with E-state index in [0.717, 1.165) is 16.8 Å². The number of hydrazone groups is 1. The molecule has 0 N–H and O–H groups in total. The average molecular weight is 414 g/mol. The van der Waals surface area contributed by atoms with Crippen molar-refractivity contribution in [3.05, 3.63) is 41.5 Å². The predicted molar refractivity (Wildman–Crippen MR) is 112 cm³/mol. The molecule has 0 spiro atoms. The maximum absolute atomic E-state index is 12.4. The molecule has 1 aliphatic rings. The fraction of sp³-hybridized carbons (Fsp3) is 0.364. The van der Waals surface area contributed by atoms with Crippen molar-refractivity contribution in [2.24, 2.45) is 5.10 Å². The van der Waals surface area contributed by atoms with Crippen LogP contribution in [0.2, 0.25) is 0 Å². The molecule has 0 saturated carbocycles. The number of ether oxygens (including phenoxy) is 5. The fourth-order valence-corrected chi connectivity index (χ4v) is 3.62. The summed E-state index contributed by atoms with van der Waals surface area (Å²) in [5.74, 6) is 2.58. The highest BCUT2D eigenvalue weighted by atomic mass is 16.5. The van der Waals surface area contributed by atoms with Crippen LogP contribution in [0.4, 0.5) is 0 Å². The van der Waals surface area contributed by atoms with E-state index in [2.05, 4.69) is 5.10 Å². The molecule has 0 bridgehead atoms. The number of nitrogens with zero attached hydrogens (tertiary/aromatic N) is 2. The van der Waals surface area contributed by atoms with Gasteiger partial charge in [0.15, 0.2) is 23.0 Å². The molecule has 0 saturated heterocycles. The Morgan fingerprint density at radius 2 is 1.50 bits per heavy atom. The summed E-state index contributed by atoms with van der Waals surface area (Å²) in [4.78, 5) is 12.4. The predicted octanol–water partition coefficient (Wildman–Crippen LogP) is 3.43. The van der Waals surface area contributed by atoms with E-state index in [9.17, 15) is 4.79 Å². The molecule has 0 aliphatic carbocycles. The molecule has 160 valence electrons. The molecule has 1 atom stereocenters. The zero-order valence-electron chi connectivity index (χ0n) is 18.0. The molecule has 1 aliphatic heterocycles. The van der Waals surface area contributed by atoms with Crippen LogP contribution in [0.15, 0.2) is 35.4 Å². The number of hydrogen-bond acceptors (Lipinski definition) is 7. The van der Waals surface area contributed by atoms with Gasteiger partial charge in [-0.2, -0.15) is 5.10 Å². The maximum atomic E-state index is 12.4. The molecule has 8 heteroatoms. The van der Waals surface area contributed by atoms with Gasteiger partial charge in [0.1, 0.15) is 0 Å². The number of amides is 1. The Hall–Kier alpha value is -3.42. The minimum atomic E-state index is -0.347. The number of benzene rings is 2. The average Bonchev–Trinajstić information content (AvgIpc) is 3.22. The second-order valence-corrected chi connectivity index (χ2v) is 6.62. The number of hydrogen-bond donors (Lipinski definition) is 0. The van der Waals surface area contributed by atoms with Gasteiger partial charge in [0.05, 0.1) is 47.3 Å². The van der Waals surface area contributed by atoms with Crippen LogP contribution in [-0.4, -0.2) is 52.2 Å². The summed E-state index contributed by atoms with van der Waals surface area (Å²) in [6.07, 6.45) is 0.501. The first-order chi connectivity index (χ1) is 14.5. The topological polar surface area (TPSA) is 78.8 Å². The zero-order chi connectivity index (χ0) is 21.8. The number of carbonyl (C=O) groups excluding carboxylic acids is 1. The van der Waals surface area contributed by atoms with Crippen LogP contribution in [-0.2, 0) is 4.79 Å². The lowest BCUT2D eigenvalue weighted by molar-refractivity contribution is -0.130. The van der Waals surface area contributed by atoms with Gasteiger partial charge in [0, 0.05) is 24.5 Å². The SMILES string of the molecule is COc1ccc(C2=NN(C(C)=O)[C@H](c3ccc(OC)c(OC)c3OC)C2)cc1OC. The molecule has 8 nitrogen and oxygen atoms in total. The molecule has 0 radical (unpaired) electrons. The quantitative estimate of drug-likeness (QED) is 0.691. The molecule has 30 heavy (non-hydrogen) atoms. The van der Waals surface area contributed by atoms with E-state index in [1.54, 1.807) is 41.6 Å². The van der Waals surface area contributed by atoms with Crippen molar-refractivity contribution in [1.82, 2.24) is 5.01 Å². The van der Waals surface area contributed by atoms with Crippen LogP contribution >= 0.6 is 0 Å². The van der Waals surface area contributed by atoms with E-state index in [4.69, 9.17) is 23.7 Å². The van der Waals surface area contributed by atoms with Gasteiger partial charge >= 0.3 is 0 Å². The number of methoxy groups -OCH3 is 5. The minimum Gasteiger partial charge on any atom is -0.493 e. The second kappa shape index (κ2) is 8.94. The Balaban J connectivity index is 2.04. The van der Waals surface area contributed by atoms with Crippen LogP contribution in [0.1, 0.15) is 30.5 Å². The molecular formula is C22H26N2O6. The van der Waals surface area contributed by atoms with Gasteiger partial charge in [-0.1, -0.05) is 0 Å². The van der Waals surface area contributed by atoms with Crippen molar-refractivity contribution in [3.63, 3.8) is 0 Å². The Labute approximate surface area is 175 Å². The number of rotatable bonds is 7. The molecule has 0 unspecified atom stereocenters. The van der Waals surface area contributed by atoms with E-state index < -0.39 is 0 Å². The normalized spacial score (nSPS) is 15.5. The Kier molecular flexibility index (Phi) is 6.34. The molecule has 3 rings (SSSR count). The van der Waals surface area contributed by atoms with Crippen molar-refractivity contribution >= 4 is 11.6 Å². The molecule has 1 amide bonds. The first kappa shape index (κ1) is 21.3. The molecule has 2 aromatic carbocycles. The Morgan fingerprint density at radius 3 is 2.07 bits per heavy atom. The van der Waals surface area contributed by atoms with Crippen molar-refractivity contribution in [1.29, 1.82) is 0 Å². The van der Waals surface area contributed by atoms with Crippen molar-refractivity contribution < 1.29 is 28.5 Å². The summed E-state index contributed by atoms with van der Waals surface area (Å²) >= 11 is 0. The van der Waals surface area contributed by atoms with Gasteiger partial charge in [-0.05, 0) is 30.3 Å². The lowest BCUT2D eigenvalue weighted by Gasteiger charge is -2.24. The second-order valence-electron chi connectivity index (χ2n) is 6.62. The van der Waals surface area contributed by atoms with Crippen molar-refractivity contribution in [2.45, 2.75) is 19.4 Å². The molecule has 2 aromatic rings. The van der Waals surface area contributed by atoms with Gasteiger partial charge in [0.2, 0.25) is 11.7 Å². The summed E-state index contributed by atoms with van der Waals surface area (Å²) in [7, 11) is 7.84. The molecule has 0 fully saturated rings. The van der Waals surface area contributed by atoms with Crippen molar-refractivity contribution in [2.75, 3.05) is 35.5 Å². The molecular weight excluding hydrogens is 388 g/mol. The monoisotopic (exact) mass is 414 g/mol. The zero-order valence-corrected chi connectivity index (χ0v) is 18.0. The van der Waals surface area contributed by atoms with E-state index in [1.165, 1.54) is 11.9 Å². The summed E-state index contributed by atoms with van der Waals surface area (Å²) in [5.41, 5.74) is 2.39. The smallest absolute Gasteiger partial charge is 0.240 e. The third kappa shape index (κ3) is 3.72. The van der Waals surface area contributed by atoms with Crippen LogP contribution in [0.25, 0.3) is 0 Å².